The van der Waals surface area contributed by atoms with Gasteiger partial charge in [0, 0.05) is 0 Å². The van der Waals surface area contributed by atoms with Crippen molar-refractivity contribution in [2.75, 3.05) is 13.1 Å². The van der Waals surface area contributed by atoms with Crippen LogP contribution in [-0.2, 0) is 0 Å². The van der Waals surface area contributed by atoms with Crippen LogP contribution in [0.25, 0.3) is 0 Å². The van der Waals surface area contributed by atoms with Gasteiger partial charge in [-0.1, -0.05) is 52.4 Å². The maximum absolute atomic E-state index is 2.49. The fourth-order valence-electron chi connectivity index (χ4n) is 1.73. The molecule has 0 amide bonds. The van der Waals surface area contributed by atoms with Crippen LogP contribution >= 0.6 is 0 Å². The van der Waals surface area contributed by atoms with E-state index in [9.17, 15) is 0 Å². The van der Waals surface area contributed by atoms with Crippen molar-refractivity contribution in [1.29, 1.82) is 0 Å². The molecule has 0 rings (SSSR count). The van der Waals surface area contributed by atoms with Gasteiger partial charge in [0.15, 0.2) is 7.98 Å². The molecule has 0 N–H and O–H groups in total. The van der Waals surface area contributed by atoms with Gasteiger partial charge in [-0.15, -0.1) is 0 Å². The molecule has 1 nitrogen and oxygen atoms in total. The van der Waals surface area contributed by atoms with Gasteiger partial charge in [-0.25, -0.2) is 0 Å². The van der Waals surface area contributed by atoms with Crippen molar-refractivity contribution in [3.63, 3.8) is 0 Å². The van der Waals surface area contributed by atoms with Crippen LogP contribution in [0.4, 0.5) is 0 Å². The third-order valence-electron chi connectivity index (χ3n) is 2.79. The molecule has 0 radical (unpaired) electrons. The molecule has 0 aromatic rings. The minimum absolute atomic E-state index is 1.30. The van der Waals surface area contributed by atoms with Crippen molar-refractivity contribution in [2.24, 2.45) is 0 Å². The van der Waals surface area contributed by atoms with Crippen LogP contribution in [0, 0.1) is 0 Å². The average molecular weight is 197 g/mol. The van der Waals surface area contributed by atoms with Gasteiger partial charge in [-0.3, -0.25) is 0 Å². The Morgan fingerprint density at radius 3 is 1.50 bits per heavy atom. The Morgan fingerprint density at radius 1 is 0.714 bits per heavy atom. The summed E-state index contributed by atoms with van der Waals surface area (Å²) in [5.41, 5.74) is 0. The Labute approximate surface area is 91.7 Å². The first-order valence-electron chi connectivity index (χ1n) is 6.49. The fourth-order valence-corrected chi connectivity index (χ4v) is 1.73. The Morgan fingerprint density at radius 2 is 1.14 bits per heavy atom. The van der Waals surface area contributed by atoms with Crippen molar-refractivity contribution in [3.8, 4) is 0 Å². The van der Waals surface area contributed by atoms with Gasteiger partial charge in [-0.2, -0.15) is 0 Å². The maximum atomic E-state index is 2.49. The standard InChI is InChI=1S/C12H28BN/c1-3-5-7-9-11-14(13)12-10-8-6-4-2/h3-13H2,1-2H3. The number of unbranched alkanes of at least 4 members (excludes halogenated alkanes) is 6. The molecule has 0 unspecified atom stereocenters. The van der Waals surface area contributed by atoms with E-state index in [0.29, 0.717) is 0 Å². The highest BCUT2D eigenvalue weighted by Crippen LogP contribution is 2.02. The highest BCUT2D eigenvalue weighted by atomic mass is 15.0. The number of rotatable bonds is 10. The van der Waals surface area contributed by atoms with Gasteiger partial charge in [0.1, 0.15) is 0 Å². The van der Waals surface area contributed by atoms with E-state index in [4.69, 9.17) is 0 Å². The van der Waals surface area contributed by atoms with E-state index in [2.05, 4.69) is 26.6 Å². The molecule has 0 fully saturated rings. The Bertz CT molecular complexity index is 94.5. The molecule has 14 heavy (non-hydrogen) atoms. The van der Waals surface area contributed by atoms with E-state index in [1.165, 1.54) is 64.5 Å². The summed E-state index contributed by atoms with van der Waals surface area (Å²) in [7, 11) is 2.26. The maximum Gasteiger partial charge on any atom is 0.185 e. The first-order chi connectivity index (χ1) is 6.81. The minimum atomic E-state index is 1.30. The zero-order chi connectivity index (χ0) is 10.6. The summed E-state index contributed by atoms with van der Waals surface area (Å²) in [5, 5.41) is 0. The lowest BCUT2D eigenvalue weighted by Gasteiger charge is -2.16. The van der Waals surface area contributed by atoms with Crippen LogP contribution in [0.3, 0.4) is 0 Å². The topological polar surface area (TPSA) is 3.24 Å². The van der Waals surface area contributed by atoms with Gasteiger partial charge in [-0.05, 0) is 25.9 Å². The molecule has 84 valence electrons. The highest BCUT2D eigenvalue weighted by Gasteiger charge is 1.97. The third-order valence-corrected chi connectivity index (χ3v) is 2.79. The smallest absolute Gasteiger partial charge is 0.185 e. The molecule has 0 spiro atoms. The molecule has 2 heteroatoms. The SMILES string of the molecule is BN(CCCCCC)CCCCCC. The second-order valence-electron chi connectivity index (χ2n) is 4.42. The lowest BCUT2D eigenvalue weighted by atomic mass is 10.1. The first kappa shape index (κ1) is 14.0. The van der Waals surface area contributed by atoms with Crippen LogP contribution in [0.2, 0.25) is 0 Å². The molecule has 0 bridgehead atoms. The van der Waals surface area contributed by atoms with Crippen LogP contribution < -0.4 is 0 Å². The molecular weight excluding hydrogens is 169 g/mol. The van der Waals surface area contributed by atoms with Crippen molar-refractivity contribution in [1.82, 2.24) is 4.81 Å². The van der Waals surface area contributed by atoms with Gasteiger partial charge >= 0.3 is 0 Å². The summed E-state index contributed by atoms with van der Waals surface area (Å²) in [5.74, 6) is 0. The second-order valence-corrected chi connectivity index (χ2v) is 4.42. The molecule has 0 aliphatic carbocycles. The van der Waals surface area contributed by atoms with Crippen LogP contribution in [0.1, 0.15) is 65.2 Å². The normalized spacial score (nSPS) is 11.1. The molecule has 0 saturated heterocycles. The van der Waals surface area contributed by atoms with E-state index in [-0.39, 0.29) is 0 Å². The second kappa shape index (κ2) is 11.1. The average Bonchev–Trinajstić information content (AvgIpc) is 2.19. The molecule has 0 aromatic carbocycles. The van der Waals surface area contributed by atoms with Crippen molar-refractivity contribution in [2.45, 2.75) is 65.2 Å². The molecule has 0 aliphatic heterocycles. The van der Waals surface area contributed by atoms with Gasteiger partial charge in [0.2, 0.25) is 0 Å². The summed E-state index contributed by atoms with van der Waals surface area (Å²) >= 11 is 0. The largest absolute Gasteiger partial charge is 0.349 e. The van der Waals surface area contributed by atoms with Crippen LogP contribution in [0.15, 0.2) is 0 Å². The lowest BCUT2D eigenvalue weighted by molar-refractivity contribution is 0.414. The molecular formula is C12H28BN. The fraction of sp³-hybridized carbons (Fsp3) is 1.00. The molecule has 0 aliphatic rings. The molecule has 0 heterocycles. The van der Waals surface area contributed by atoms with E-state index in [1.807, 2.05) is 0 Å². The highest BCUT2D eigenvalue weighted by molar-refractivity contribution is 6.04. The molecule has 0 saturated carbocycles. The quantitative estimate of drug-likeness (QED) is 0.384. The van der Waals surface area contributed by atoms with E-state index >= 15 is 0 Å². The van der Waals surface area contributed by atoms with Gasteiger partial charge in [0.05, 0.1) is 0 Å². The van der Waals surface area contributed by atoms with Gasteiger partial charge < -0.3 is 4.81 Å². The summed E-state index contributed by atoms with van der Waals surface area (Å²) in [6, 6.07) is 0. The summed E-state index contributed by atoms with van der Waals surface area (Å²) in [6.07, 6.45) is 11.1. The monoisotopic (exact) mass is 197 g/mol. The summed E-state index contributed by atoms with van der Waals surface area (Å²) < 4.78 is 0. The zero-order valence-corrected chi connectivity index (χ0v) is 10.5. The number of nitrogens with zero attached hydrogens (tertiary/aromatic N) is 1. The van der Waals surface area contributed by atoms with Crippen molar-refractivity contribution in [3.05, 3.63) is 0 Å². The summed E-state index contributed by atoms with van der Waals surface area (Å²) in [6.45, 7) is 7.14. The Kier molecular flexibility index (Phi) is 11.1. The predicted octanol–water partition coefficient (Wildman–Crippen LogP) is 3.00. The van der Waals surface area contributed by atoms with Crippen molar-refractivity contribution < 1.29 is 0 Å². The Balaban J connectivity index is 3.07. The zero-order valence-electron chi connectivity index (χ0n) is 10.5. The predicted molar refractivity (Wildman–Crippen MR) is 68.4 cm³/mol. The molecule has 0 atom stereocenters. The first-order valence-corrected chi connectivity index (χ1v) is 6.49. The van der Waals surface area contributed by atoms with Gasteiger partial charge in [0.25, 0.3) is 0 Å². The van der Waals surface area contributed by atoms with Crippen LogP contribution in [0.5, 0.6) is 0 Å². The third kappa shape index (κ3) is 10.1. The molecule has 0 aromatic heterocycles. The van der Waals surface area contributed by atoms with E-state index in [1.54, 1.807) is 0 Å². The van der Waals surface area contributed by atoms with Crippen molar-refractivity contribution >= 4 is 7.98 Å². The van der Waals surface area contributed by atoms with E-state index in [0.717, 1.165) is 0 Å². The summed E-state index contributed by atoms with van der Waals surface area (Å²) in [4.78, 5) is 2.49. The number of hydrogen-bond acceptors (Lipinski definition) is 1. The number of hydrogen-bond donors (Lipinski definition) is 0. The van der Waals surface area contributed by atoms with E-state index < -0.39 is 0 Å². The Hall–Kier alpha value is 0.0249. The lowest BCUT2D eigenvalue weighted by Crippen LogP contribution is -2.22. The van der Waals surface area contributed by atoms with Crippen LogP contribution in [-0.4, -0.2) is 25.9 Å². The minimum Gasteiger partial charge on any atom is -0.349 e.